The van der Waals surface area contributed by atoms with Gasteiger partial charge in [-0.2, -0.15) is 0 Å². The minimum Gasteiger partial charge on any atom is -0.481 e. The summed E-state index contributed by atoms with van der Waals surface area (Å²) in [5.74, 6) is -0.172. The van der Waals surface area contributed by atoms with Crippen LogP contribution in [0.3, 0.4) is 0 Å². The van der Waals surface area contributed by atoms with Gasteiger partial charge in [-0.1, -0.05) is 48.5 Å². The zero-order valence-electron chi connectivity index (χ0n) is 13.8. The number of benzene rings is 3. The Balaban J connectivity index is 1.74. The first-order valence-electron chi connectivity index (χ1n) is 8.01. The van der Waals surface area contributed by atoms with E-state index in [1.165, 1.54) is 24.3 Å². The van der Waals surface area contributed by atoms with Crippen molar-refractivity contribution in [1.82, 2.24) is 0 Å². The van der Waals surface area contributed by atoms with Gasteiger partial charge < -0.3 is 10.1 Å². The molecule has 0 saturated carbocycles. The Hall–Kier alpha value is -3.14. The van der Waals surface area contributed by atoms with E-state index in [4.69, 9.17) is 4.74 Å². The van der Waals surface area contributed by atoms with E-state index in [0.717, 1.165) is 11.1 Å². The SMILES string of the molecule is C[C@H](Oc1ccc(F)cc1)C(=O)Nc1ccccc1-c1ccccc1. The third-order valence-electron chi connectivity index (χ3n) is 3.77. The lowest BCUT2D eigenvalue weighted by Gasteiger charge is -2.16. The Bertz CT molecular complexity index is 847. The average molecular weight is 335 g/mol. The van der Waals surface area contributed by atoms with Gasteiger partial charge in [0.25, 0.3) is 5.91 Å². The number of ether oxygens (including phenoxy) is 1. The van der Waals surface area contributed by atoms with Crippen molar-refractivity contribution in [1.29, 1.82) is 0 Å². The number of hydrogen-bond acceptors (Lipinski definition) is 2. The Morgan fingerprint density at radius 3 is 2.28 bits per heavy atom. The standard InChI is InChI=1S/C21H18FNO2/c1-15(25-18-13-11-17(22)12-14-18)21(24)23-20-10-6-5-9-19(20)16-7-3-2-4-8-16/h2-15H,1H3,(H,23,24)/t15-/m0/s1. The Morgan fingerprint density at radius 1 is 0.920 bits per heavy atom. The Morgan fingerprint density at radius 2 is 1.56 bits per heavy atom. The molecule has 0 spiro atoms. The van der Waals surface area contributed by atoms with Crippen LogP contribution in [-0.2, 0) is 4.79 Å². The molecule has 0 aliphatic carbocycles. The lowest BCUT2D eigenvalue weighted by atomic mass is 10.0. The summed E-state index contributed by atoms with van der Waals surface area (Å²) in [6.07, 6.45) is -0.714. The number of carbonyl (C=O) groups is 1. The molecule has 3 rings (SSSR count). The van der Waals surface area contributed by atoms with Crippen molar-refractivity contribution in [2.24, 2.45) is 0 Å². The fourth-order valence-electron chi connectivity index (χ4n) is 2.47. The van der Waals surface area contributed by atoms with Gasteiger partial charge in [0.1, 0.15) is 11.6 Å². The molecule has 0 radical (unpaired) electrons. The van der Waals surface area contributed by atoms with Crippen LogP contribution >= 0.6 is 0 Å². The van der Waals surface area contributed by atoms with E-state index in [-0.39, 0.29) is 11.7 Å². The van der Waals surface area contributed by atoms with E-state index in [1.54, 1.807) is 6.92 Å². The predicted molar refractivity (Wildman–Crippen MR) is 97.0 cm³/mol. The molecule has 0 fully saturated rings. The lowest BCUT2D eigenvalue weighted by molar-refractivity contribution is -0.122. The third-order valence-corrected chi connectivity index (χ3v) is 3.77. The van der Waals surface area contributed by atoms with Gasteiger partial charge >= 0.3 is 0 Å². The van der Waals surface area contributed by atoms with Crippen LogP contribution in [0.15, 0.2) is 78.9 Å². The zero-order chi connectivity index (χ0) is 17.6. The van der Waals surface area contributed by atoms with Crippen LogP contribution in [0, 0.1) is 5.82 Å². The third kappa shape index (κ3) is 4.23. The summed E-state index contributed by atoms with van der Waals surface area (Å²) < 4.78 is 18.5. The van der Waals surface area contributed by atoms with Crippen LogP contribution in [-0.4, -0.2) is 12.0 Å². The van der Waals surface area contributed by atoms with Crippen molar-refractivity contribution in [2.75, 3.05) is 5.32 Å². The van der Waals surface area contributed by atoms with Gasteiger partial charge in [0.05, 0.1) is 0 Å². The molecular weight excluding hydrogens is 317 g/mol. The van der Waals surface area contributed by atoms with E-state index in [0.29, 0.717) is 11.4 Å². The number of amides is 1. The number of rotatable bonds is 5. The number of anilines is 1. The Kier molecular flexibility index (Phi) is 5.09. The van der Waals surface area contributed by atoms with Crippen molar-refractivity contribution in [2.45, 2.75) is 13.0 Å². The van der Waals surface area contributed by atoms with Crippen molar-refractivity contribution < 1.29 is 13.9 Å². The van der Waals surface area contributed by atoms with Crippen LogP contribution in [0.5, 0.6) is 5.75 Å². The molecular formula is C21H18FNO2. The quantitative estimate of drug-likeness (QED) is 0.720. The van der Waals surface area contributed by atoms with E-state index in [1.807, 2.05) is 54.6 Å². The fraction of sp³-hybridized carbons (Fsp3) is 0.0952. The number of para-hydroxylation sites is 1. The van der Waals surface area contributed by atoms with Crippen molar-refractivity contribution in [3.8, 4) is 16.9 Å². The molecule has 4 heteroatoms. The van der Waals surface area contributed by atoms with Gasteiger partial charge in [-0.05, 0) is 42.8 Å². The maximum Gasteiger partial charge on any atom is 0.265 e. The summed E-state index contributed by atoms with van der Waals surface area (Å²) in [5.41, 5.74) is 2.67. The molecule has 3 nitrogen and oxygen atoms in total. The lowest BCUT2D eigenvalue weighted by Crippen LogP contribution is -2.30. The molecule has 1 N–H and O–H groups in total. The second-order valence-electron chi connectivity index (χ2n) is 5.61. The van der Waals surface area contributed by atoms with Crippen LogP contribution in [0.2, 0.25) is 0 Å². The molecule has 3 aromatic carbocycles. The molecule has 0 heterocycles. The first-order chi connectivity index (χ1) is 12.1. The molecule has 3 aromatic rings. The smallest absolute Gasteiger partial charge is 0.265 e. The highest BCUT2D eigenvalue weighted by Crippen LogP contribution is 2.27. The highest BCUT2D eigenvalue weighted by atomic mass is 19.1. The fourth-order valence-corrected chi connectivity index (χ4v) is 2.47. The largest absolute Gasteiger partial charge is 0.481 e. The van der Waals surface area contributed by atoms with Crippen molar-refractivity contribution in [3.05, 3.63) is 84.7 Å². The van der Waals surface area contributed by atoms with Crippen molar-refractivity contribution in [3.63, 3.8) is 0 Å². The van der Waals surface area contributed by atoms with E-state index < -0.39 is 6.10 Å². The first kappa shape index (κ1) is 16.7. The van der Waals surface area contributed by atoms with Crippen LogP contribution in [0.4, 0.5) is 10.1 Å². The summed E-state index contributed by atoms with van der Waals surface area (Å²) in [7, 11) is 0. The summed E-state index contributed by atoms with van der Waals surface area (Å²) in [6, 6.07) is 23.0. The van der Waals surface area contributed by atoms with Gasteiger partial charge in [0.2, 0.25) is 0 Å². The van der Waals surface area contributed by atoms with Crippen molar-refractivity contribution >= 4 is 11.6 Å². The molecule has 0 aliphatic rings. The molecule has 0 bridgehead atoms. The summed E-state index contributed by atoms with van der Waals surface area (Å²) in [6.45, 7) is 1.66. The van der Waals surface area contributed by atoms with Gasteiger partial charge in [-0.15, -0.1) is 0 Å². The van der Waals surface area contributed by atoms with Gasteiger partial charge in [-0.25, -0.2) is 4.39 Å². The normalized spacial score (nSPS) is 11.6. The molecule has 0 aromatic heterocycles. The second-order valence-corrected chi connectivity index (χ2v) is 5.61. The highest BCUT2D eigenvalue weighted by Gasteiger charge is 2.16. The predicted octanol–water partition coefficient (Wildman–Crippen LogP) is 4.90. The average Bonchev–Trinajstić information content (AvgIpc) is 2.64. The van der Waals surface area contributed by atoms with Crippen LogP contribution in [0.25, 0.3) is 11.1 Å². The van der Waals surface area contributed by atoms with Gasteiger partial charge in [-0.3, -0.25) is 4.79 Å². The van der Waals surface area contributed by atoms with E-state index in [9.17, 15) is 9.18 Å². The molecule has 25 heavy (non-hydrogen) atoms. The summed E-state index contributed by atoms with van der Waals surface area (Å²) in [5, 5.41) is 2.90. The minimum absolute atomic E-state index is 0.271. The number of halogens is 1. The second kappa shape index (κ2) is 7.62. The topological polar surface area (TPSA) is 38.3 Å². The van der Waals surface area contributed by atoms with E-state index >= 15 is 0 Å². The summed E-state index contributed by atoms with van der Waals surface area (Å²) >= 11 is 0. The molecule has 126 valence electrons. The van der Waals surface area contributed by atoms with E-state index in [2.05, 4.69) is 5.32 Å². The summed E-state index contributed by atoms with van der Waals surface area (Å²) in [4.78, 5) is 12.5. The molecule has 0 unspecified atom stereocenters. The van der Waals surface area contributed by atoms with Gasteiger partial charge in [0.15, 0.2) is 6.10 Å². The highest BCUT2D eigenvalue weighted by molar-refractivity contribution is 5.97. The molecule has 0 aliphatic heterocycles. The monoisotopic (exact) mass is 335 g/mol. The maximum atomic E-state index is 12.9. The molecule has 1 atom stereocenters. The Labute approximate surface area is 146 Å². The molecule has 0 saturated heterocycles. The number of nitrogens with one attached hydrogen (secondary N) is 1. The van der Waals surface area contributed by atoms with Crippen LogP contribution in [0.1, 0.15) is 6.92 Å². The minimum atomic E-state index is -0.714. The molecule has 1 amide bonds. The first-order valence-corrected chi connectivity index (χ1v) is 8.01. The maximum absolute atomic E-state index is 12.9. The number of carbonyl (C=O) groups excluding carboxylic acids is 1. The number of hydrogen-bond donors (Lipinski definition) is 1. The van der Waals surface area contributed by atoms with Crippen LogP contribution < -0.4 is 10.1 Å². The van der Waals surface area contributed by atoms with Gasteiger partial charge in [0, 0.05) is 11.3 Å². The zero-order valence-corrected chi connectivity index (χ0v) is 13.8.